The molecular weight excluding hydrogens is 266 g/mol. The summed E-state index contributed by atoms with van der Waals surface area (Å²) in [6.45, 7) is 5.36. The van der Waals surface area contributed by atoms with E-state index < -0.39 is 0 Å². The van der Waals surface area contributed by atoms with Gasteiger partial charge in [-0.2, -0.15) is 5.10 Å². The Kier molecular flexibility index (Phi) is 5.49. The van der Waals surface area contributed by atoms with Gasteiger partial charge in [0.1, 0.15) is 0 Å². The SMILES string of the molecule is CCCC(CNC)Cc1c(Br)c(C)nn1C. The van der Waals surface area contributed by atoms with E-state index in [-0.39, 0.29) is 0 Å². The molecule has 1 unspecified atom stereocenters. The van der Waals surface area contributed by atoms with E-state index in [9.17, 15) is 0 Å². The number of hydrogen-bond acceptors (Lipinski definition) is 2. The third-order valence-electron chi connectivity index (χ3n) is 2.93. The summed E-state index contributed by atoms with van der Waals surface area (Å²) >= 11 is 3.63. The predicted octanol–water partition coefficient (Wildman–Crippen LogP) is 2.67. The summed E-state index contributed by atoms with van der Waals surface area (Å²) < 4.78 is 3.17. The van der Waals surface area contributed by atoms with Gasteiger partial charge in [0.05, 0.1) is 15.9 Å². The Morgan fingerprint density at radius 2 is 2.19 bits per heavy atom. The lowest BCUT2D eigenvalue weighted by molar-refractivity contribution is 0.443. The maximum absolute atomic E-state index is 4.43. The zero-order valence-electron chi connectivity index (χ0n) is 10.7. The van der Waals surface area contributed by atoms with Crippen LogP contribution in [-0.2, 0) is 13.5 Å². The number of nitrogens with one attached hydrogen (secondary N) is 1. The van der Waals surface area contributed by atoms with Crippen molar-refractivity contribution in [1.82, 2.24) is 15.1 Å². The first-order chi connectivity index (χ1) is 7.60. The Morgan fingerprint density at radius 3 is 2.62 bits per heavy atom. The first-order valence-electron chi connectivity index (χ1n) is 5.92. The van der Waals surface area contributed by atoms with Crippen molar-refractivity contribution in [3.8, 4) is 0 Å². The van der Waals surface area contributed by atoms with E-state index in [1.54, 1.807) is 0 Å². The molecule has 0 saturated carbocycles. The van der Waals surface area contributed by atoms with Gasteiger partial charge < -0.3 is 5.32 Å². The Labute approximate surface area is 107 Å². The predicted molar refractivity (Wildman–Crippen MR) is 71.7 cm³/mol. The summed E-state index contributed by atoms with van der Waals surface area (Å²) in [6, 6.07) is 0. The number of hydrogen-bond donors (Lipinski definition) is 1. The van der Waals surface area contributed by atoms with E-state index in [4.69, 9.17) is 0 Å². The van der Waals surface area contributed by atoms with Gasteiger partial charge in [-0.15, -0.1) is 0 Å². The van der Waals surface area contributed by atoms with E-state index >= 15 is 0 Å². The molecule has 16 heavy (non-hydrogen) atoms. The van der Waals surface area contributed by atoms with Crippen molar-refractivity contribution in [3.05, 3.63) is 15.9 Å². The van der Waals surface area contributed by atoms with Crippen molar-refractivity contribution in [2.45, 2.75) is 33.1 Å². The Morgan fingerprint density at radius 1 is 1.50 bits per heavy atom. The zero-order chi connectivity index (χ0) is 12.1. The second-order valence-corrected chi connectivity index (χ2v) is 5.18. The summed E-state index contributed by atoms with van der Waals surface area (Å²) in [6.07, 6.45) is 3.59. The molecule has 0 aliphatic heterocycles. The Balaban J connectivity index is 2.76. The molecule has 1 rings (SSSR count). The molecule has 0 aliphatic rings. The summed E-state index contributed by atoms with van der Waals surface area (Å²) in [4.78, 5) is 0. The standard InChI is InChI=1S/C12H22BrN3/c1-5-6-10(8-14-3)7-11-12(13)9(2)15-16(11)4/h10,14H,5-8H2,1-4H3. The lowest BCUT2D eigenvalue weighted by atomic mass is 9.98. The fourth-order valence-electron chi connectivity index (χ4n) is 2.15. The van der Waals surface area contributed by atoms with Gasteiger partial charge in [0.25, 0.3) is 0 Å². The molecule has 0 aliphatic carbocycles. The maximum Gasteiger partial charge on any atom is 0.0738 e. The molecular formula is C12H22BrN3. The van der Waals surface area contributed by atoms with Crippen LogP contribution in [0.4, 0.5) is 0 Å². The molecule has 1 aromatic rings. The number of aromatic nitrogens is 2. The van der Waals surface area contributed by atoms with Crippen LogP contribution in [0.2, 0.25) is 0 Å². The van der Waals surface area contributed by atoms with Crippen LogP contribution < -0.4 is 5.32 Å². The molecule has 0 saturated heterocycles. The number of rotatable bonds is 6. The molecule has 0 aromatic carbocycles. The summed E-state index contributed by atoms with van der Waals surface area (Å²) in [5.41, 5.74) is 2.39. The molecule has 0 spiro atoms. The van der Waals surface area contributed by atoms with Crippen LogP contribution in [0.5, 0.6) is 0 Å². The number of aryl methyl sites for hydroxylation is 2. The number of nitrogens with zero attached hydrogens (tertiary/aromatic N) is 2. The topological polar surface area (TPSA) is 29.9 Å². The van der Waals surface area contributed by atoms with Gasteiger partial charge in [-0.3, -0.25) is 4.68 Å². The fraction of sp³-hybridized carbons (Fsp3) is 0.750. The second kappa shape index (κ2) is 6.40. The van der Waals surface area contributed by atoms with Gasteiger partial charge in [0.15, 0.2) is 0 Å². The van der Waals surface area contributed by atoms with Gasteiger partial charge in [-0.1, -0.05) is 13.3 Å². The Hall–Kier alpha value is -0.350. The summed E-state index contributed by atoms with van der Waals surface area (Å²) in [7, 11) is 4.04. The summed E-state index contributed by atoms with van der Waals surface area (Å²) in [5, 5.41) is 7.71. The van der Waals surface area contributed by atoms with Crippen molar-refractivity contribution < 1.29 is 0 Å². The molecule has 0 amide bonds. The zero-order valence-corrected chi connectivity index (χ0v) is 12.3. The monoisotopic (exact) mass is 287 g/mol. The Bertz CT molecular complexity index is 327. The number of halogens is 1. The highest BCUT2D eigenvalue weighted by Crippen LogP contribution is 2.24. The third kappa shape index (κ3) is 3.32. The van der Waals surface area contributed by atoms with Crippen molar-refractivity contribution in [2.24, 2.45) is 13.0 Å². The highest BCUT2D eigenvalue weighted by atomic mass is 79.9. The van der Waals surface area contributed by atoms with E-state index in [0.29, 0.717) is 5.92 Å². The third-order valence-corrected chi connectivity index (χ3v) is 3.96. The normalized spacial score (nSPS) is 13.1. The molecule has 0 radical (unpaired) electrons. The van der Waals surface area contributed by atoms with Crippen LogP contribution in [-0.4, -0.2) is 23.4 Å². The fourth-order valence-corrected chi connectivity index (χ4v) is 2.65. The largest absolute Gasteiger partial charge is 0.319 e. The molecule has 92 valence electrons. The highest BCUT2D eigenvalue weighted by Gasteiger charge is 2.15. The van der Waals surface area contributed by atoms with Crippen molar-refractivity contribution in [3.63, 3.8) is 0 Å². The molecule has 1 atom stereocenters. The highest BCUT2D eigenvalue weighted by molar-refractivity contribution is 9.10. The quantitative estimate of drug-likeness (QED) is 0.872. The molecule has 1 N–H and O–H groups in total. The van der Waals surface area contributed by atoms with Gasteiger partial charge in [-0.25, -0.2) is 0 Å². The lowest BCUT2D eigenvalue weighted by Crippen LogP contribution is -2.21. The van der Waals surface area contributed by atoms with Crippen molar-refractivity contribution in [2.75, 3.05) is 13.6 Å². The second-order valence-electron chi connectivity index (χ2n) is 4.39. The minimum atomic E-state index is 0.695. The summed E-state index contributed by atoms with van der Waals surface area (Å²) in [5.74, 6) is 0.695. The van der Waals surface area contributed by atoms with E-state index in [1.165, 1.54) is 23.0 Å². The van der Waals surface area contributed by atoms with Crippen LogP contribution in [0, 0.1) is 12.8 Å². The average Bonchev–Trinajstić information content (AvgIpc) is 2.46. The lowest BCUT2D eigenvalue weighted by Gasteiger charge is -2.16. The molecule has 1 aromatic heterocycles. The molecule has 1 heterocycles. The van der Waals surface area contributed by atoms with Crippen LogP contribution >= 0.6 is 15.9 Å². The molecule has 0 bridgehead atoms. The minimum absolute atomic E-state index is 0.695. The first-order valence-corrected chi connectivity index (χ1v) is 6.72. The van der Waals surface area contributed by atoms with Gasteiger partial charge in [0.2, 0.25) is 0 Å². The molecule has 0 fully saturated rings. The van der Waals surface area contributed by atoms with Crippen molar-refractivity contribution in [1.29, 1.82) is 0 Å². The molecule has 3 nitrogen and oxygen atoms in total. The van der Waals surface area contributed by atoms with Crippen LogP contribution in [0.1, 0.15) is 31.2 Å². The van der Waals surface area contributed by atoms with E-state index in [0.717, 1.165) is 18.7 Å². The van der Waals surface area contributed by atoms with Gasteiger partial charge >= 0.3 is 0 Å². The minimum Gasteiger partial charge on any atom is -0.319 e. The van der Waals surface area contributed by atoms with Gasteiger partial charge in [-0.05, 0) is 55.2 Å². The van der Waals surface area contributed by atoms with Crippen LogP contribution in [0.15, 0.2) is 4.47 Å². The maximum atomic E-state index is 4.43. The molecule has 4 heteroatoms. The van der Waals surface area contributed by atoms with E-state index in [1.807, 2.05) is 25.7 Å². The van der Waals surface area contributed by atoms with Crippen LogP contribution in [0.3, 0.4) is 0 Å². The average molecular weight is 288 g/mol. The van der Waals surface area contributed by atoms with Gasteiger partial charge in [0, 0.05) is 7.05 Å². The van der Waals surface area contributed by atoms with Crippen LogP contribution in [0.25, 0.3) is 0 Å². The smallest absolute Gasteiger partial charge is 0.0738 e. The first kappa shape index (κ1) is 13.7. The van der Waals surface area contributed by atoms with Crippen molar-refractivity contribution >= 4 is 15.9 Å². The van der Waals surface area contributed by atoms with E-state index in [2.05, 4.69) is 33.3 Å².